The molecule has 0 bridgehead atoms. The predicted octanol–water partition coefficient (Wildman–Crippen LogP) is 7.04. The molecule has 1 aliphatic heterocycles. The SMILES string of the molecule is CN1CCN(C(=O)c2ccc(-c3nc4c(-c5cccc(OCc6ccccc6)c5)ccnc4n3COCC[Si](C)(C)C)cc2)CC1. The molecule has 6 rings (SSSR count). The van der Waals surface area contributed by atoms with E-state index < -0.39 is 8.07 Å². The number of amides is 1. The van der Waals surface area contributed by atoms with Gasteiger partial charge in [-0.2, -0.15) is 0 Å². The summed E-state index contributed by atoms with van der Waals surface area (Å²) in [6.07, 6.45) is 1.83. The minimum absolute atomic E-state index is 0.0705. The maximum atomic E-state index is 13.2. The van der Waals surface area contributed by atoms with Crippen molar-refractivity contribution in [1.82, 2.24) is 24.3 Å². The average Bonchev–Trinajstić information content (AvgIpc) is 3.44. The lowest BCUT2D eigenvalue weighted by atomic mass is 10.1. The smallest absolute Gasteiger partial charge is 0.253 e. The van der Waals surface area contributed by atoms with Gasteiger partial charge in [-0.1, -0.05) is 74.2 Å². The van der Waals surface area contributed by atoms with Gasteiger partial charge in [0.2, 0.25) is 0 Å². The standard InChI is InChI=1S/C37H43N5O3Si/c1-40-19-21-41(22-20-40)37(43)30-15-13-29(14-16-30)35-39-34-33(17-18-38-36(34)42(35)27-44-23-24-46(2,3)4)31-11-8-12-32(25-31)45-26-28-9-6-5-7-10-28/h5-18,25H,19-24,26-27H2,1-4H3. The van der Waals surface area contributed by atoms with E-state index >= 15 is 0 Å². The fourth-order valence-electron chi connectivity index (χ4n) is 5.58. The number of nitrogens with zero attached hydrogens (tertiary/aromatic N) is 5. The van der Waals surface area contributed by atoms with E-state index in [1.54, 1.807) is 0 Å². The third-order valence-electron chi connectivity index (χ3n) is 8.42. The number of fused-ring (bicyclic) bond motifs is 1. The Hall–Kier alpha value is -4.31. The van der Waals surface area contributed by atoms with Crippen molar-refractivity contribution in [2.75, 3.05) is 39.8 Å². The summed E-state index contributed by atoms with van der Waals surface area (Å²) in [7, 11) is 0.842. The molecule has 0 saturated carbocycles. The number of hydrogen-bond acceptors (Lipinski definition) is 6. The number of rotatable bonds is 11. The lowest BCUT2D eigenvalue weighted by molar-refractivity contribution is 0.0664. The fraction of sp³-hybridized carbons (Fsp3) is 0.324. The van der Waals surface area contributed by atoms with Gasteiger partial charge in [-0.15, -0.1) is 0 Å². The molecule has 3 heterocycles. The first-order valence-corrected chi connectivity index (χ1v) is 19.7. The Balaban J connectivity index is 1.31. The molecule has 0 aliphatic carbocycles. The average molecular weight is 634 g/mol. The molecule has 46 heavy (non-hydrogen) atoms. The van der Waals surface area contributed by atoms with Crippen LogP contribution < -0.4 is 4.74 Å². The molecule has 0 unspecified atom stereocenters. The second-order valence-corrected chi connectivity index (χ2v) is 18.8. The van der Waals surface area contributed by atoms with Crippen molar-refractivity contribution in [1.29, 1.82) is 0 Å². The van der Waals surface area contributed by atoms with E-state index in [9.17, 15) is 4.79 Å². The van der Waals surface area contributed by atoms with Crippen LogP contribution in [0.25, 0.3) is 33.7 Å². The Labute approximate surface area is 272 Å². The van der Waals surface area contributed by atoms with E-state index in [4.69, 9.17) is 19.4 Å². The first-order chi connectivity index (χ1) is 22.2. The number of likely N-dealkylation sites (N-methyl/N-ethyl adjacent to an activating group) is 1. The molecule has 0 radical (unpaired) electrons. The Bertz CT molecular complexity index is 1780. The number of imidazole rings is 1. The van der Waals surface area contributed by atoms with Crippen LogP contribution in [0.1, 0.15) is 15.9 Å². The van der Waals surface area contributed by atoms with Crippen molar-refractivity contribution >= 4 is 25.1 Å². The number of benzene rings is 3. The van der Waals surface area contributed by atoms with Gasteiger partial charge in [0.05, 0.1) is 0 Å². The summed E-state index contributed by atoms with van der Waals surface area (Å²) in [5.74, 6) is 1.63. The number of carbonyl (C=O) groups excluding carboxylic acids is 1. The number of pyridine rings is 1. The number of carbonyl (C=O) groups is 1. The largest absolute Gasteiger partial charge is 0.489 e. The van der Waals surface area contributed by atoms with Crippen LogP contribution in [0.2, 0.25) is 25.7 Å². The van der Waals surface area contributed by atoms with Crippen LogP contribution in [0.3, 0.4) is 0 Å². The van der Waals surface area contributed by atoms with E-state index in [1.165, 1.54) is 0 Å². The van der Waals surface area contributed by atoms with Gasteiger partial charge in [-0.3, -0.25) is 9.36 Å². The van der Waals surface area contributed by atoms with Crippen LogP contribution in [0.5, 0.6) is 5.75 Å². The molecule has 8 nitrogen and oxygen atoms in total. The molecule has 5 aromatic rings. The highest BCUT2D eigenvalue weighted by atomic mass is 28.3. The van der Waals surface area contributed by atoms with Gasteiger partial charge in [0.1, 0.15) is 30.4 Å². The summed E-state index contributed by atoms with van der Waals surface area (Å²) >= 11 is 0. The van der Waals surface area contributed by atoms with Gasteiger partial charge in [-0.05, 0) is 54.6 Å². The monoisotopic (exact) mass is 633 g/mol. The van der Waals surface area contributed by atoms with Crippen LogP contribution in [0, 0.1) is 0 Å². The molecule has 238 valence electrons. The molecule has 2 aromatic heterocycles. The van der Waals surface area contributed by atoms with Crippen molar-refractivity contribution in [3.63, 3.8) is 0 Å². The topological polar surface area (TPSA) is 72.7 Å². The maximum absolute atomic E-state index is 13.2. The molecular formula is C37H43N5O3Si. The van der Waals surface area contributed by atoms with Crippen molar-refractivity contribution in [2.45, 2.75) is 39.0 Å². The van der Waals surface area contributed by atoms with E-state index in [0.717, 1.165) is 77.2 Å². The molecule has 1 saturated heterocycles. The highest BCUT2D eigenvalue weighted by Crippen LogP contribution is 2.33. The Morgan fingerprint density at radius 1 is 0.870 bits per heavy atom. The molecule has 9 heteroatoms. The normalized spacial score (nSPS) is 14.1. The maximum Gasteiger partial charge on any atom is 0.253 e. The summed E-state index contributed by atoms with van der Waals surface area (Å²) in [6.45, 7) is 11.9. The lowest BCUT2D eigenvalue weighted by Gasteiger charge is -2.32. The van der Waals surface area contributed by atoms with Crippen molar-refractivity contribution in [3.8, 4) is 28.3 Å². The molecule has 1 aliphatic rings. The van der Waals surface area contributed by atoms with Crippen LogP contribution in [-0.4, -0.2) is 78.1 Å². The van der Waals surface area contributed by atoms with E-state index in [2.05, 4.69) is 60.4 Å². The van der Waals surface area contributed by atoms with Crippen LogP contribution in [0.4, 0.5) is 0 Å². The lowest BCUT2D eigenvalue weighted by Crippen LogP contribution is -2.47. The van der Waals surface area contributed by atoms with Gasteiger partial charge in [0.15, 0.2) is 5.65 Å². The van der Waals surface area contributed by atoms with Gasteiger partial charge in [0.25, 0.3) is 5.91 Å². The first kappa shape index (κ1) is 31.7. The molecule has 1 fully saturated rings. The highest BCUT2D eigenvalue weighted by molar-refractivity contribution is 6.76. The minimum atomic E-state index is -1.25. The third-order valence-corrected chi connectivity index (χ3v) is 10.1. The second kappa shape index (κ2) is 14.0. The third kappa shape index (κ3) is 7.55. The minimum Gasteiger partial charge on any atom is -0.489 e. The van der Waals surface area contributed by atoms with Crippen LogP contribution in [0.15, 0.2) is 91.1 Å². The molecule has 0 N–H and O–H groups in total. The number of aromatic nitrogens is 3. The summed E-state index contributed by atoms with van der Waals surface area (Å²) < 4.78 is 14.4. The van der Waals surface area contributed by atoms with Crippen molar-refractivity contribution in [3.05, 3.63) is 102 Å². The Morgan fingerprint density at radius 2 is 1.63 bits per heavy atom. The van der Waals surface area contributed by atoms with Crippen LogP contribution in [-0.2, 0) is 18.1 Å². The fourth-order valence-corrected chi connectivity index (χ4v) is 6.33. The zero-order valence-electron chi connectivity index (χ0n) is 27.3. The van der Waals surface area contributed by atoms with E-state index in [0.29, 0.717) is 25.5 Å². The molecule has 1 amide bonds. The van der Waals surface area contributed by atoms with Crippen LogP contribution >= 0.6 is 0 Å². The van der Waals surface area contributed by atoms with Gasteiger partial charge < -0.3 is 19.3 Å². The van der Waals surface area contributed by atoms with Gasteiger partial charge >= 0.3 is 0 Å². The first-order valence-electron chi connectivity index (χ1n) is 16.0. The van der Waals surface area contributed by atoms with E-state index in [1.807, 2.05) is 71.8 Å². The van der Waals surface area contributed by atoms with Crippen molar-refractivity contribution < 1.29 is 14.3 Å². The zero-order valence-corrected chi connectivity index (χ0v) is 28.3. The predicted molar refractivity (Wildman–Crippen MR) is 187 cm³/mol. The summed E-state index contributed by atoms with van der Waals surface area (Å²) in [5, 5.41) is 0. The summed E-state index contributed by atoms with van der Waals surface area (Å²) in [6, 6.07) is 29.2. The number of hydrogen-bond donors (Lipinski definition) is 0. The second-order valence-electron chi connectivity index (χ2n) is 13.2. The zero-order chi connectivity index (χ0) is 32.1. The van der Waals surface area contributed by atoms with Crippen molar-refractivity contribution in [2.24, 2.45) is 0 Å². The molecule has 3 aromatic carbocycles. The number of ether oxygens (including phenoxy) is 2. The summed E-state index contributed by atoms with van der Waals surface area (Å²) in [5.41, 5.74) is 6.24. The summed E-state index contributed by atoms with van der Waals surface area (Å²) in [4.78, 5) is 27.4. The van der Waals surface area contributed by atoms with Gasteiger partial charge in [-0.25, -0.2) is 9.97 Å². The quantitative estimate of drug-likeness (QED) is 0.115. The Kier molecular flexibility index (Phi) is 9.63. The van der Waals surface area contributed by atoms with Gasteiger partial charge in [0, 0.05) is 63.7 Å². The molecule has 0 spiro atoms. The number of piperazine rings is 1. The molecule has 0 atom stereocenters. The van der Waals surface area contributed by atoms with E-state index in [-0.39, 0.29) is 5.91 Å². The Morgan fingerprint density at radius 3 is 2.37 bits per heavy atom. The molecular weight excluding hydrogens is 591 g/mol. The highest BCUT2D eigenvalue weighted by Gasteiger charge is 2.22.